The molecular formula is C12H7F3N2O4S. The lowest BCUT2D eigenvalue weighted by atomic mass is 10.3. The van der Waals surface area contributed by atoms with Crippen molar-refractivity contribution in [1.82, 2.24) is 0 Å². The smallest absolute Gasteiger partial charge is 0.269 e. The second kappa shape index (κ2) is 5.64. The molecule has 0 heterocycles. The third-order valence-electron chi connectivity index (χ3n) is 2.64. The van der Waals surface area contributed by atoms with Crippen molar-refractivity contribution < 1.29 is 26.5 Å². The Hall–Kier alpha value is -2.62. The van der Waals surface area contributed by atoms with Crippen molar-refractivity contribution in [2.45, 2.75) is 4.90 Å². The van der Waals surface area contributed by atoms with E-state index in [2.05, 4.69) is 0 Å². The molecule has 0 saturated heterocycles. The van der Waals surface area contributed by atoms with E-state index >= 15 is 0 Å². The number of nitro groups is 1. The molecule has 0 atom stereocenters. The van der Waals surface area contributed by atoms with E-state index in [1.54, 1.807) is 4.72 Å². The molecule has 0 aromatic heterocycles. The Labute approximate surface area is 122 Å². The zero-order valence-electron chi connectivity index (χ0n) is 10.6. The quantitative estimate of drug-likeness (QED) is 0.530. The van der Waals surface area contributed by atoms with Crippen LogP contribution < -0.4 is 4.72 Å². The zero-order valence-corrected chi connectivity index (χ0v) is 11.4. The van der Waals surface area contributed by atoms with Crippen LogP contribution in [0.25, 0.3) is 0 Å². The van der Waals surface area contributed by atoms with Gasteiger partial charge in [-0.2, -0.15) is 0 Å². The lowest BCUT2D eigenvalue weighted by Crippen LogP contribution is -2.14. The number of hydrogen-bond donors (Lipinski definition) is 1. The summed E-state index contributed by atoms with van der Waals surface area (Å²) >= 11 is 0. The molecule has 0 aliphatic carbocycles. The molecule has 0 bridgehead atoms. The van der Waals surface area contributed by atoms with Crippen LogP contribution in [0.4, 0.5) is 24.5 Å². The number of sulfonamides is 1. The summed E-state index contributed by atoms with van der Waals surface area (Å²) in [4.78, 5) is 9.36. The van der Waals surface area contributed by atoms with E-state index in [1.807, 2.05) is 0 Å². The van der Waals surface area contributed by atoms with E-state index < -0.39 is 43.0 Å². The Kier molecular flexibility index (Phi) is 4.04. The molecule has 0 radical (unpaired) electrons. The first-order valence-electron chi connectivity index (χ1n) is 5.63. The van der Waals surface area contributed by atoms with Crippen molar-refractivity contribution in [1.29, 1.82) is 0 Å². The van der Waals surface area contributed by atoms with Crippen molar-refractivity contribution >= 4 is 21.4 Å². The molecular weight excluding hydrogens is 325 g/mol. The molecule has 6 nitrogen and oxygen atoms in total. The van der Waals surface area contributed by atoms with Crippen LogP contribution in [0.3, 0.4) is 0 Å². The highest BCUT2D eigenvalue weighted by Gasteiger charge is 2.20. The highest BCUT2D eigenvalue weighted by atomic mass is 32.2. The molecule has 2 aromatic rings. The van der Waals surface area contributed by atoms with Crippen molar-refractivity contribution in [3.05, 3.63) is 64.0 Å². The van der Waals surface area contributed by atoms with E-state index in [0.717, 1.165) is 30.3 Å². The van der Waals surface area contributed by atoms with Crippen LogP contribution in [0, 0.1) is 27.6 Å². The summed E-state index contributed by atoms with van der Waals surface area (Å²) in [7, 11) is -4.31. The van der Waals surface area contributed by atoms with Gasteiger partial charge in [-0.3, -0.25) is 14.8 Å². The monoisotopic (exact) mass is 332 g/mol. The molecule has 2 aromatic carbocycles. The third-order valence-corrected chi connectivity index (χ3v) is 4.02. The maximum absolute atomic E-state index is 13.4. The molecule has 0 aliphatic heterocycles. The van der Waals surface area contributed by atoms with Crippen LogP contribution in [0.15, 0.2) is 41.3 Å². The van der Waals surface area contributed by atoms with Crippen LogP contribution in [0.5, 0.6) is 0 Å². The Morgan fingerprint density at radius 1 is 0.955 bits per heavy atom. The number of benzene rings is 2. The molecule has 0 spiro atoms. The van der Waals surface area contributed by atoms with Crippen LogP contribution >= 0.6 is 0 Å². The second-order valence-electron chi connectivity index (χ2n) is 4.08. The van der Waals surface area contributed by atoms with E-state index in [-0.39, 0.29) is 5.69 Å². The Bertz CT molecular complexity index is 838. The second-order valence-corrected chi connectivity index (χ2v) is 5.76. The van der Waals surface area contributed by atoms with Crippen molar-refractivity contribution in [2.24, 2.45) is 0 Å². The fourth-order valence-corrected chi connectivity index (χ4v) is 2.61. The molecule has 0 fully saturated rings. The molecule has 22 heavy (non-hydrogen) atoms. The molecule has 10 heteroatoms. The molecule has 0 unspecified atom stereocenters. The minimum Gasteiger partial charge on any atom is -0.277 e. The molecule has 0 saturated carbocycles. The highest BCUT2D eigenvalue weighted by Crippen LogP contribution is 2.23. The van der Waals surface area contributed by atoms with E-state index in [9.17, 15) is 31.7 Å². The Morgan fingerprint density at radius 3 is 2.09 bits per heavy atom. The maximum atomic E-state index is 13.4. The van der Waals surface area contributed by atoms with Gasteiger partial charge in [0.15, 0.2) is 17.5 Å². The van der Waals surface area contributed by atoms with Crippen LogP contribution in [0.1, 0.15) is 0 Å². The van der Waals surface area contributed by atoms with Crippen LogP contribution in [-0.4, -0.2) is 13.3 Å². The lowest BCUT2D eigenvalue weighted by Gasteiger charge is -2.09. The van der Waals surface area contributed by atoms with Crippen molar-refractivity contribution in [3.63, 3.8) is 0 Å². The van der Waals surface area contributed by atoms with Gasteiger partial charge in [-0.1, -0.05) is 0 Å². The average Bonchev–Trinajstić information content (AvgIpc) is 2.48. The van der Waals surface area contributed by atoms with Gasteiger partial charge in [0.1, 0.15) is 0 Å². The fourth-order valence-electron chi connectivity index (χ4n) is 1.56. The summed E-state index contributed by atoms with van der Waals surface area (Å²) in [6.07, 6.45) is 0. The van der Waals surface area contributed by atoms with Crippen molar-refractivity contribution in [2.75, 3.05) is 4.72 Å². The highest BCUT2D eigenvalue weighted by molar-refractivity contribution is 7.92. The number of rotatable bonds is 4. The predicted octanol–water partition coefficient (Wildman–Crippen LogP) is 2.81. The normalized spacial score (nSPS) is 11.2. The fraction of sp³-hybridized carbons (Fsp3) is 0. The van der Waals surface area contributed by atoms with Gasteiger partial charge in [0.2, 0.25) is 0 Å². The first-order valence-corrected chi connectivity index (χ1v) is 7.11. The first-order chi connectivity index (χ1) is 10.2. The summed E-state index contributed by atoms with van der Waals surface area (Å²) < 4.78 is 65.0. The van der Waals surface area contributed by atoms with Gasteiger partial charge in [-0.05, 0) is 24.3 Å². The number of hydrogen-bond acceptors (Lipinski definition) is 4. The number of non-ortho nitro benzene ring substituents is 1. The maximum Gasteiger partial charge on any atom is 0.269 e. The van der Waals surface area contributed by atoms with Crippen molar-refractivity contribution in [3.8, 4) is 0 Å². The Balaban J connectivity index is 2.36. The largest absolute Gasteiger partial charge is 0.277 e. The topological polar surface area (TPSA) is 89.3 Å². The van der Waals surface area contributed by atoms with Gasteiger partial charge in [-0.25, -0.2) is 21.6 Å². The summed E-state index contributed by atoms with van der Waals surface area (Å²) in [6, 6.07) is 5.02. The van der Waals surface area contributed by atoms with Gasteiger partial charge in [-0.15, -0.1) is 0 Å². The summed E-state index contributed by atoms with van der Waals surface area (Å²) in [5.41, 5.74) is -1.12. The first kappa shape index (κ1) is 15.8. The van der Waals surface area contributed by atoms with E-state index in [0.29, 0.717) is 6.07 Å². The molecule has 1 N–H and O–H groups in total. The van der Waals surface area contributed by atoms with E-state index in [4.69, 9.17) is 0 Å². The van der Waals surface area contributed by atoms with Gasteiger partial charge >= 0.3 is 0 Å². The standard InChI is InChI=1S/C12H7F3N2O4S/c13-9-5-6-10(12(15)11(9)14)16-22(20,21)8-3-1-7(2-4-8)17(18)19/h1-6,16H. The average molecular weight is 332 g/mol. The molecule has 0 amide bonds. The van der Waals surface area contributed by atoms with Crippen LogP contribution in [-0.2, 0) is 10.0 Å². The minimum atomic E-state index is -4.31. The number of halogens is 3. The van der Waals surface area contributed by atoms with Gasteiger partial charge in [0, 0.05) is 12.1 Å². The third kappa shape index (κ3) is 3.01. The lowest BCUT2D eigenvalue weighted by molar-refractivity contribution is -0.384. The van der Waals surface area contributed by atoms with Gasteiger partial charge in [0.25, 0.3) is 15.7 Å². The summed E-state index contributed by atoms with van der Waals surface area (Å²) in [5, 5.41) is 10.5. The van der Waals surface area contributed by atoms with E-state index in [1.165, 1.54) is 0 Å². The van der Waals surface area contributed by atoms with Gasteiger partial charge < -0.3 is 0 Å². The number of nitro benzene ring substituents is 1. The molecule has 116 valence electrons. The van der Waals surface area contributed by atoms with Crippen LogP contribution in [0.2, 0.25) is 0 Å². The minimum absolute atomic E-state index is 0.335. The summed E-state index contributed by atoms with van der Waals surface area (Å²) in [6.45, 7) is 0. The number of nitrogens with one attached hydrogen (secondary N) is 1. The Morgan fingerprint density at radius 2 is 1.55 bits per heavy atom. The predicted molar refractivity (Wildman–Crippen MR) is 70.2 cm³/mol. The molecule has 0 aliphatic rings. The number of nitrogens with zero attached hydrogens (tertiary/aromatic N) is 1. The molecule has 2 rings (SSSR count). The summed E-state index contributed by atoms with van der Waals surface area (Å²) in [5.74, 6) is -4.97. The number of anilines is 1. The zero-order chi connectivity index (χ0) is 16.5. The van der Waals surface area contributed by atoms with Gasteiger partial charge in [0.05, 0.1) is 15.5 Å². The SMILES string of the molecule is O=[N+]([O-])c1ccc(S(=O)(=O)Nc2ccc(F)c(F)c2F)cc1.